The molecule has 1 fully saturated rings. The average molecular weight is 355 g/mol. The summed E-state index contributed by atoms with van der Waals surface area (Å²) in [5.74, 6) is 2.24. The van der Waals surface area contributed by atoms with Gasteiger partial charge in [-0.05, 0) is 40.3 Å². The molecule has 1 aliphatic heterocycles. The second kappa shape index (κ2) is 7.74. The van der Waals surface area contributed by atoms with Crippen molar-refractivity contribution in [3.05, 3.63) is 35.0 Å². The number of likely N-dealkylation sites (tertiary alicyclic amines) is 1. The Morgan fingerprint density at radius 1 is 1.12 bits per heavy atom. The Balaban J connectivity index is 1.77. The third-order valence-electron chi connectivity index (χ3n) is 4.33. The van der Waals surface area contributed by atoms with E-state index in [1.54, 1.807) is 7.05 Å². The summed E-state index contributed by atoms with van der Waals surface area (Å²) in [7, 11) is 1.78. The Kier molecular flexibility index (Phi) is 5.41. The van der Waals surface area contributed by atoms with Gasteiger partial charge < -0.3 is 15.5 Å². The van der Waals surface area contributed by atoms with Crippen molar-refractivity contribution in [1.29, 1.82) is 0 Å². The van der Waals surface area contributed by atoms with E-state index in [1.165, 1.54) is 0 Å². The van der Waals surface area contributed by atoms with Gasteiger partial charge in [0.25, 0.3) is 0 Å². The number of carbonyl (C=O) groups is 1. The number of nitrogens with zero attached hydrogens (tertiary/aromatic N) is 5. The van der Waals surface area contributed by atoms with E-state index in [0.29, 0.717) is 24.9 Å². The molecule has 0 aliphatic carbocycles. The lowest BCUT2D eigenvalue weighted by molar-refractivity contribution is -0.129. The summed E-state index contributed by atoms with van der Waals surface area (Å²) in [6.07, 6.45) is 0.873. The predicted octanol–water partition coefficient (Wildman–Crippen LogP) is 1.47. The molecule has 8 nitrogen and oxygen atoms in total. The second-order valence-corrected chi connectivity index (χ2v) is 6.71. The Morgan fingerprint density at radius 3 is 2.50 bits per heavy atom. The highest BCUT2D eigenvalue weighted by Gasteiger charge is 2.29. The van der Waals surface area contributed by atoms with E-state index in [0.717, 1.165) is 35.9 Å². The lowest BCUT2D eigenvalue weighted by Crippen LogP contribution is -2.35. The predicted molar refractivity (Wildman–Crippen MR) is 99.4 cm³/mol. The van der Waals surface area contributed by atoms with E-state index in [4.69, 9.17) is 0 Å². The van der Waals surface area contributed by atoms with Crippen LogP contribution in [-0.2, 0) is 4.79 Å². The minimum Gasteiger partial charge on any atom is -0.341 e. The average Bonchev–Trinajstić information content (AvgIpc) is 3.03. The van der Waals surface area contributed by atoms with E-state index in [2.05, 4.69) is 30.6 Å². The van der Waals surface area contributed by atoms with Crippen LogP contribution in [0.15, 0.2) is 12.1 Å². The van der Waals surface area contributed by atoms with Crippen molar-refractivity contribution in [2.45, 2.75) is 33.1 Å². The summed E-state index contributed by atoms with van der Waals surface area (Å²) < 4.78 is 0. The lowest BCUT2D eigenvalue weighted by atomic mass is 10.1. The molecule has 0 saturated carbocycles. The van der Waals surface area contributed by atoms with Crippen LogP contribution in [0.2, 0.25) is 0 Å². The molecule has 0 unspecified atom stereocenters. The molecule has 0 spiro atoms. The Hall–Kier alpha value is -2.61. The molecule has 8 heteroatoms. The summed E-state index contributed by atoms with van der Waals surface area (Å²) in [6.45, 7) is 7.57. The summed E-state index contributed by atoms with van der Waals surface area (Å²) in [6, 6.07) is 3.81. The van der Waals surface area contributed by atoms with Crippen molar-refractivity contribution in [2.24, 2.45) is 0 Å². The van der Waals surface area contributed by atoms with Crippen molar-refractivity contribution >= 4 is 17.7 Å². The van der Waals surface area contributed by atoms with E-state index in [1.807, 2.05) is 37.8 Å². The second-order valence-electron chi connectivity index (χ2n) is 6.71. The van der Waals surface area contributed by atoms with Crippen LogP contribution in [0, 0.1) is 20.8 Å². The molecule has 0 bridgehead atoms. The molecule has 1 amide bonds. The summed E-state index contributed by atoms with van der Waals surface area (Å²) in [4.78, 5) is 32.0. The van der Waals surface area contributed by atoms with Crippen LogP contribution in [0.3, 0.4) is 0 Å². The van der Waals surface area contributed by atoms with Gasteiger partial charge in [-0.3, -0.25) is 4.79 Å². The molecule has 1 saturated heterocycles. The molecular weight excluding hydrogens is 330 g/mol. The standard InChI is InChI=1S/C18H25N7O/c1-11-7-12(2)22-18(21-11)24-15-8-13(3)20-17(23-15)14-5-6-25(10-14)16(26)9-19-4/h7-8,14,19H,5-6,9-10H2,1-4H3,(H,20,21,22,23,24)/t14-/m0/s1. The van der Waals surface area contributed by atoms with Crippen molar-refractivity contribution in [3.63, 3.8) is 0 Å². The van der Waals surface area contributed by atoms with E-state index < -0.39 is 0 Å². The van der Waals surface area contributed by atoms with Crippen molar-refractivity contribution in [1.82, 2.24) is 30.2 Å². The number of anilines is 2. The smallest absolute Gasteiger partial charge is 0.236 e. The number of rotatable bonds is 5. The molecule has 0 aromatic carbocycles. The maximum absolute atomic E-state index is 12.1. The van der Waals surface area contributed by atoms with Crippen LogP contribution >= 0.6 is 0 Å². The quantitative estimate of drug-likeness (QED) is 0.838. The van der Waals surface area contributed by atoms with Crippen molar-refractivity contribution in [3.8, 4) is 0 Å². The number of amides is 1. The first-order valence-corrected chi connectivity index (χ1v) is 8.82. The monoisotopic (exact) mass is 355 g/mol. The molecule has 3 rings (SSSR count). The van der Waals surface area contributed by atoms with Crippen LogP contribution in [0.5, 0.6) is 0 Å². The molecule has 2 N–H and O–H groups in total. The topological polar surface area (TPSA) is 95.9 Å². The van der Waals surface area contributed by atoms with Crippen LogP contribution < -0.4 is 10.6 Å². The summed E-state index contributed by atoms with van der Waals surface area (Å²) >= 11 is 0. The normalized spacial score (nSPS) is 16.8. The van der Waals surface area contributed by atoms with Gasteiger partial charge in [0.15, 0.2) is 0 Å². The third kappa shape index (κ3) is 4.32. The van der Waals surface area contributed by atoms with Gasteiger partial charge in [-0.1, -0.05) is 0 Å². The number of nitrogens with one attached hydrogen (secondary N) is 2. The largest absolute Gasteiger partial charge is 0.341 e. The van der Waals surface area contributed by atoms with Gasteiger partial charge >= 0.3 is 0 Å². The Morgan fingerprint density at radius 2 is 1.81 bits per heavy atom. The minimum atomic E-state index is 0.115. The molecule has 2 aromatic rings. The lowest BCUT2D eigenvalue weighted by Gasteiger charge is -2.16. The zero-order chi connectivity index (χ0) is 18.7. The van der Waals surface area contributed by atoms with Gasteiger partial charge in [0.1, 0.15) is 11.6 Å². The highest BCUT2D eigenvalue weighted by molar-refractivity contribution is 5.78. The first kappa shape index (κ1) is 18.2. The van der Waals surface area contributed by atoms with E-state index in [9.17, 15) is 4.79 Å². The van der Waals surface area contributed by atoms with Crippen LogP contribution in [0.25, 0.3) is 0 Å². The highest BCUT2D eigenvalue weighted by Crippen LogP contribution is 2.26. The van der Waals surface area contributed by atoms with Gasteiger partial charge in [-0.15, -0.1) is 0 Å². The van der Waals surface area contributed by atoms with Crippen LogP contribution in [0.1, 0.15) is 35.2 Å². The third-order valence-corrected chi connectivity index (χ3v) is 4.33. The molecule has 3 heterocycles. The fraction of sp³-hybridized carbons (Fsp3) is 0.500. The first-order chi connectivity index (χ1) is 12.4. The SMILES string of the molecule is CNCC(=O)N1CC[C@H](c2nc(C)cc(Nc3nc(C)cc(C)n3)n2)C1. The van der Waals surface area contributed by atoms with Gasteiger partial charge in [-0.25, -0.2) is 19.9 Å². The van der Waals surface area contributed by atoms with Crippen LogP contribution in [0.4, 0.5) is 11.8 Å². The van der Waals surface area contributed by atoms with Gasteiger partial charge in [-0.2, -0.15) is 0 Å². The van der Waals surface area contributed by atoms with Gasteiger partial charge in [0.2, 0.25) is 11.9 Å². The molecule has 2 aromatic heterocycles. The molecule has 1 atom stereocenters. The number of hydrogen-bond acceptors (Lipinski definition) is 7. The number of aryl methyl sites for hydroxylation is 3. The summed E-state index contributed by atoms with van der Waals surface area (Å²) in [5, 5.41) is 6.09. The molecule has 138 valence electrons. The zero-order valence-electron chi connectivity index (χ0n) is 15.7. The first-order valence-electron chi connectivity index (χ1n) is 8.82. The number of likely N-dealkylation sites (N-methyl/N-ethyl adjacent to an activating group) is 1. The molecule has 26 heavy (non-hydrogen) atoms. The number of carbonyl (C=O) groups excluding carboxylic acids is 1. The zero-order valence-corrected chi connectivity index (χ0v) is 15.7. The maximum Gasteiger partial charge on any atom is 0.236 e. The molecule has 1 aliphatic rings. The summed E-state index contributed by atoms with van der Waals surface area (Å²) in [5.41, 5.74) is 2.68. The van der Waals surface area contributed by atoms with Gasteiger partial charge in [0.05, 0.1) is 6.54 Å². The van der Waals surface area contributed by atoms with Crippen molar-refractivity contribution < 1.29 is 4.79 Å². The molecular formula is C18H25N7O. The van der Waals surface area contributed by atoms with Crippen LogP contribution in [-0.4, -0.2) is 57.4 Å². The number of hydrogen-bond donors (Lipinski definition) is 2. The minimum absolute atomic E-state index is 0.115. The Bertz CT molecular complexity index is 788. The van der Waals surface area contributed by atoms with E-state index >= 15 is 0 Å². The molecule has 0 radical (unpaired) electrons. The van der Waals surface area contributed by atoms with Gasteiger partial charge in [0, 0.05) is 42.2 Å². The van der Waals surface area contributed by atoms with Crippen molar-refractivity contribution in [2.75, 3.05) is 32.0 Å². The van der Waals surface area contributed by atoms with E-state index in [-0.39, 0.29) is 11.8 Å². The highest BCUT2D eigenvalue weighted by atomic mass is 16.2. The maximum atomic E-state index is 12.1. The number of aromatic nitrogens is 4. The fourth-order valence-electron chi connectivity index (χ4n) is 3.20. The Labute approximate surface area is 153 Å². The fourth-order valence-corrected chi connectivity index (χ4v) is 3.20.